The first-order chi connectivity index (χ1) is 9.09. The second-order valence-corrected chi connectivity index (χ2v) is 5.42. The van der Waals surface area contributed by atoms with E-state index in [1.54, 1.807) is 0 Å². The Morgan fingerprint density at radius 1 is 1.16 bits per heavy atom. The topological polar surface area (TPSA) is 29.9 Å². The number of hydrogen-bond donors (Lipinski definition) is 1. The Labute approximate surface area is 115 Å². The second kappa shape index (κ2) is 6.02. The average molecular weight is 257 g/mol. The SMILES string of the molecule is Cc1nn(-c2ccccc2)c(C)c1CNCC(C)C. The van der Waals surface area contributed by atoms with E-state index in [1.807, 2.05) is 22.9 Å². The first-order valence-electron chi connectivity index (χ1n) is 6.91. The smallest absolute Gasteiger partial charge is 0.0648 e. The average Bonchev–Trinajstić information content (AvgIpc) is 2.67. The number of hydrogen-bond acceptors (Lipinski definition) is 2. The zero-order valence-corrected chi connectivity index (χ0v) is 12.3. The van der Waals surface area contributed by atoms with Crippen LogP contribution in [-0.2, 0) is 6.54 Å². The van der Waals surface area contributed by atoms with Crippen LogP contribution in [0.25, 0.3) is 5.69 Å². The fourth-order valence-electron chi connectivity index (χ4n) is 2.24. The van der Waals surface area contributed by atoms with E-state index in [2.05, 4.69) is 50.2 Å². The lowest BCUT2D eigenvalue weighted by atomic mass is 10.1. The number of nitrogens with zero attached hydrogens (tertiary/aromatic N) is 2. The van der Waals surface area contributed by atoms with Gasteiger partial charge in [0, 0.05) is 17.8 Å². The van der Waals surface area contributed by atoms with Crippen LogP contribution in [0.1, 0.15) is 30.8 Å². The molecule has 3 nitrogen and oxygen atoms in total. The van der Waals surface area contributed by atoms with E-state index in [4.69, 9.17) is 0 Å². The monoisotopic (exact) mass is 257 g/mol. The van der Waals surface area contributed by atoms with Crippen molar-refractivity contribution in [1.29, 1.82) is 0 Å². The van der Waals surface area contributed by atoms with E-state index < -0.39 is 0 Å². The minimum absolute atomic E-state index is 0.671. The van der Waals surface area contributed by atoms with Crippen LogP contribution in [0.3, 0.4) is 0 Å². The van der Waals surface area contributed by atoms with Crippen molar-refractivity contribution in [3.63, 3.8) is 0 Å². The van der Waals surface area contributed by atoms with Gasteiger partial charge in [-0.15, -0.1) is 0 Å². The molecule has 1 N–H and O–H groups in total. The van der Waals surface area contributed by atoms with Gasteiger partial charge in [0.2, 0.25) is 0 Å². The van der Waals surface area contributed by atoms with Crippen molar-refractivity contribution in [3.05, 3.63) is 47.3 Å². The van der Waals surface area contributed by atoms with E-state index in [9.17, 15) is 0 Å². The lowest BCUT2D eigenvalue weighted by Crippen LogP contribution is -2.19. The fourth-order valence-corrected chi connectivity index (χ4v) is 2.24. The molecular weight excluding hydrogens is 234 g/mol. The molecule has 0 aliphatic carbocycles. The highest BCUT2D eigenvalue weighted by atomic mass is 15.3. The minimum atomic E-state index is 0.671. The van der Waals surface area contributed by atoms with E-state index in [0.29, 0.717) is 5.92 Å². The molecule has 0 amide bonds. The van der Waals surface area contributed by atoms with Crippen LogP contribution in [0.15, 0.2) is 30.3 Å². The molecule has 102 valence electrons. The lowest BCUT2D eigenvalue weighted by Gasteiger charge is -2.08. The Morgan fingerprint density at radius 3 is 2.47 bits per heavy atom. The van der Waals surface area contributed by atoms with Crippen LogP contribution < -0.4 is 5.32 Å². The number of aromatic nitrogens is 2. The molecule has 0 saturated heterocycles. The molecule has 19 heavy (non-hydrogen) atoms. The summed E-state index contributed by atoms with van der Waals surface area (Å²) < 4.78 is 2.03. The third-order valence-corrected chi connectivity index (χ3v) is 3.30. The number of benzene rings is 1. The molecule has 1 heterocycles. The van der Waals surface area contributed by atoms with Crippen LogP contribution in [0.4, 0.5) is 0 Å². The van der Waals surface area contributed by atoms with Crippen molar-refractivity contribution in [2.24, 2.45) is 5.92 Å². The van der Waals surface area contributed by atoms with Crippen LogP contribution in [0.2, 0.25) is 0 Å². The quantitative estimate of drug-likeness (QED) is 0.891. The van der Waals surface area contributed by atoms with Crippen LogP contribution >= 0.6 is 0 Å². The van der Waals surface area contributed by atoms with Crippen molar-refractivity contribution >= 4 is 0 Å². The number of para-hydroxylation sites is 1. The van der Waals surface area contributed by atoms with Crippen LogP contribution in [-0.4, -0.2) is 16.3 Å². The van der Waals surface area contributed by atoms with Crippen molar-refractivity contribution in [1.82, 2.24) is 15.1 Å². The Hall–Kier alpha value is -1.61. The van der Waals surface area contributed by atoms with Crippen molar-refractivity contribution in [2.75, 3.05) is 6.54 Å². The summed E-state index contributed by atoms with van der Waals surface area (Å²) in [7, 11) is 0. The standard InChI is InChI=1S/C16H23N3/c1-12(2)10-17-11-16-13(3)18-19(14(16)4)15-8-6-5-7-9-15/h5-9,12,17H,10-11H2,1-4H3. The third-order valence-electron chi connectivity index (χ3n) is 3.30. The maximum Gasteiger partial charge on any atom is 0.0648 e. The summed E-state index contributed by atoms with van der Waals surface area (Å²) >= 11 is 0. The summed E-state index contributed by atoms with van der Waals surface area (Å²) in [6.45, 7) is 10.6. The zero-order valence-electron chi connectivity index (χ0n) is 12.3. The number of nitrogens with one attached hydrogen (secondary N) is 1. The van der Waals surface area contributed by atoms with E-state index in [0.717, 1.165) is 24.5 Å². The molecule has 3 heteroatoms. The first kappa shape index (κ1) is 13.8. The molecule has 0 radical (unpaired) electrons. The Morgan fingerprint density at radius 2 is 1.84 bits per heavy atom. The van der Waals surface area contributed by atoms with Crippen molar-refractivity contribution < 1.29 is 0 Å². The van der Waals surface area contributed by atoms with E-state index in [-0.39, 0.29) is 0 Å². The van der Waals surface area contributed by atoms with Gasteiger partial charge in [-0.3, -0.25) is 0 Å². The summed E-state index contributed by atoms with van der Waals surface area (Å²) in [5.41, 5.74) is 4.76. The van der Waals surface area contributed by atoms with E-state index in [1.165, 1.54) is 11.3 Å². The maximum atomic E-state index is 4.65. The summed E-state index contributed by atoms with van der Waals surface area (Å²) in [5, 5.41) is 8.15. The molecule has 1 aromatic carbocycles. The minimum Gasteiger partial charge on any atom is -0.312 e. The van der Waals surface area contributed by atoms with Crippen LogP contribution in [0.5, 0.6) is 0 Å². The van der Waals surface area contributed by atoms with Gasteiger partial charge in [0.15, 0.2) is 0 Å². The Kier molecular flexibility index (Phi) is 4.38. The highest BCUT2D eigenvalue weighted by Gasteiger charge is 2.12. The van der Waals surface area contributed by atoms with Gasteiger partial charge in [0.25, 0.3) is 0 Å². The highest BCUT2D eigenvalue weighted by molar-refractivity contribution is 5.36. The van der Waals surface area contributed by atoms with Crippen LogP contribution in [0, 0.1) is 19.8 Å². The predicted molar refractivity (Wildman–Crippen MR) is 79.6 cm³/mol. The van der Waals surface area contributed by atoms with Gasteiger partial charge in [-0.25, -0.2) is 4.68 Å². The van der Waals surface area contributed by atoms with Crippen molar-refractivity contribution in [2.45, 2.75) is 34.2 Å². The van der Waals surface area contributed by atoms with Gasteiger partial charge in [0.05, 0.1) is 11.4 Å². The number of aryl methyl sites for hydroxylation is 1. The fraction of sp³-hybridized carbons (Fsp3) is 0.438. The van der Waals surface area contributed by atoms with Gasteiger partial charge in [-0.05, 0) is 38.4 Å². The molecule has 0 bridgehead atoms. The molecule has 0 fully saturated rings. The van der Waals surface area contributed by atoms with Gasteiger partial charge in [-0.1, -0.05) is 32.0 Å². The van der Waals surface area contributed by atoms with Gasteiger partial charge in [-0.2, -0.15) is 5.10 Å². The molecule has 1 aromatic heterocycles. The van der Waals surface area contributed by atoms with Crippen molar-refractivity contribution in [3.8, 4) is 5.69 Å². The molecule has 0 atom stereocenters. The maximum absolute atomic E-state index is 4.65. The zero-order chi connectivity index (χ0) is 13.8. The predicted octanol–water partition coefficient (Wildman–Crippen LogP) is 3.23. The number of rotatable bonds is 5. The summed E-state index contributed by atoms with van der Waals surface area (Å²) in [6, 6.07) is 10.3. The van der Waals surface area contributed by atoms with Gasteiger partial charge < -0.3 is 5.32 Å². The summed E-state index contributed by atoms with van der Waals surface area (Å²) in [5.74, 6) is 0.671. The summed E-state index contributed by atoms with van der Waals surface area (Å²) in [4.78, 5) is 0. The largest absolute Gasteiger partial charge is 0.312 e. The molecule has 0 aliphatic heterocycles. The molecule has 2 aromatic rings. The Balaban J connectivity index is 2.20. The second-order valence-electron chi connectivity index (χ2n) is 5.42. The first-order valence-corrected chi connectivity index (χ1v) is 6.91. The molecular formula is C16H23N3. The third kappa shape index (κ3) is 3.24. The summed E-state index contributed by atoms with van der Waals surface area (Å²) in [6.07, 6.45) is 0. The molecule has 0 saturated carbocycles. The van der Waals surface area contributed by atoms with Gasteiger partial charge >= 0.3 is 0 Å². The normalized spacial score (nSPS) is 11.2. The molecule has 0 unspecified atom stereocenters. The lowest BCUT2D eigenvalue weighted by molar-refractivity contribution is 0.550. The Bertz CT molecular complexity index is 526. The van der Waals surface area contributed by atoms with E-state index >= 15 is 0 Å². The highest BCUT2D eigenvalue weighted by Crippen LogP contribution is 2.17. The molecule has 2 rings (SSSR count). The van der Waals surface area contributed by atoms with Gasteiger partial charge in [0.1, 0.15) is 0 Å². The molecule has 0 aliphatic rings. The molecule has 0 spiro atoms.